The van der Waals surface area contributed by atoms with Crippen LogP contribution in [0.5, 0.6) is 5.75 Å². The second-order valence-corrected chi connectivity index (χ2v) is 10.2. The summed E-state index contributed by atoms with van der Waals surface area (Å²) in [5, 5.41) is 8.07. The summed E-state index contributed by atoms with van der Waals surface area (Å²) in [5.41, 5.74) is 1.80. The first kappa shape index (κ1) is 23.5. The molecule has 0 radical (unpaired) electrons. The van der Waals surface area contributed by atoms with E-state index < -0.39 is 23.9 Å². The number of ether oxygens (including phenoxy) is 2. The number of alkyl halides is 1. The minimum atomic E-state index is -1.31. The number of hydrogen-bond donors (Lipinski definition) is 1. The van der Waals surface area contributed by atoms with Crippen molar-refractivity contribution in [2.24, 2.45) is 0 Å². The molecule has 0 unspecified atom stereocenters. The van der Waals surface area contributed by atoms with Crippen LogP contribution in [0, 0.1) is 0 Å². The number of nitrogens with zero attached hydrogens (tertiary/aromatic N) is 6. The molecule has 1 N–H and O–H groups in total. The van der Waals surface area contributed by atoms with Crippen LogP contribution in [0.2, 0.25) is 5.02 Å². The van der Waals surface area contributed by atoms with Crippen LogP contribution in [0.1, 0.15) is 45.2 Å². The molecule has 1 saturated heterocycles. The van der Waals surface area contributed by atoms with Crippen LogP contribution in [0.4, 0.5) is 15.1 Å². The quantitative estimate of drug-likeness (QED) is 0.554. The molecule has 1 saturated carbocycles. The van der Waals surface area contributed by atoms with Gasteiger partial charge in [0.2, 0.25) is 5.95 Å². The normalized spacial score (nSPS) is 20.3. The number of methoxy groups -OCH3 is 1. The fourth-order valence-electron chi connectivity index (χ4n) is 4.03. The highest BCUT2D eigenvalue weighted by molar-refractivity contribution is 6.32. The van der Waals surface area contributed by atoms with Gasteiger partial charge in [-0.25, -0.2) is 28.7 Å². The summed E-state index contributed by atoms with van der Waals surface area (Å²) in [4.78, 5) is 26.9. The molecule has 1 aliphatic carbocycles. The zero-order chi connectivity index (χ0) is 24.9. The number of carbonyl (C=O) groups excluding carboxylic acids is 1. The van der Waals surface area contributed by atoms with E-state index >= 15 is 0 Å². The van der Waals surface area contributed by atoms with E-state index in [1.807, 2.05) is 6.07 Å². The molecule has 1 amide bonds. The van der Waals surface area contributed by atoms with Gasteiger partial charge in [0.1, 0.15) is 34.6 Å². The Morgan fingerprint density at radius 2 is 2.00 bits per heavy atom. The van der Waals surface area contributed by atoms with Crippen molar-refractivity contribution in [1.82, 2.24) is 29.5 Å². The molecule has 4 heterocycles. The molecule has 12 heteroatoms. The average Bonchev–Trinajstić information content (AvgIpc) is 3.46. The minimum absolute atomic E-state index is 0.0734. The number of fused-ring (bicyclic) bond motifs is 1. The maximum Gasteiger partial charge on any atom is 0.410 e. The fraction of sp³-hybridized carbons (Fsp3) is 0.522. The van der Waals surface area contributed by atoms with Gasteiger partial charge in [0.25, 0.3) is 0 Å². The topological polar surface area (TPSA) is 107 Å². The molecule has 2 atom stereocenters. The van der Waals surface area contributed by atoms with E-state index in [9.17, 15) is 9.18 Å². The van der Waals surface area contributed by atoms with Gasteiger partial charge >= 0.3 is 6.09 Å². The van der Waals surface area contributed by atoms with E-state index in [1.54, 1.807) is 38.6 Å². The van der Waals surface area contributed by atoms with E-state index in [-0.39, 0.29) is 19.0 Å². The van der Waals surface area contributed by atoms with Crippen molar-refractivity contribution in [3.05, 3.63) is 29.2 Å². The van der Waals surface area contributed by atoms with Crippen LogP contribution in [0.25, 0.3) is 17.0 Å². The predicted molar refractivity (Wildman–Crippen MR) is 128 cm³/mol. The van der Waals surface area contributed by atoms with E-state index in [1.165, 1.54) is 11.1 Å². The third kappa shape index (κ3) is 4.82. The SMILES string of the molecule is COc1cc2ncc(-c3nc(N[C@H]4CN(C(=O)OC(C)(C)C)C[C@@H]4F)ncc3Cl)n2nc1C1CC1. The van der Waals surface area contributed by atoms with Gasteiger partial charge in [-0.15, -0.1) is 0 Å². The lowest BCUT2D eigenvalue weighted by Crippen LogP contribution is -2.36. The second kappa shape index (κ2) is 8.78. The Morgan fingerprint density at radius 3 is 2.69 bits per heavy atom. The van der Waals surface area contributed by atoms with Gasteiger partial charge in [-0.1, -0.05) is 11.6 Å². The zero-order valence-corrected chi connectivity index (χ0v) is 20.7. The van der Waals surface area contributed by atoms with Crippen LogP contribution in [0.3, 0.4) is 0 Å². The van der Waals surface area contributed by atoms with Gasteiger partial charge in [-0.2, -0.15) is 5.10 Å². The van der Waals surface area contributed by atoms with E-state index in [2.05, 4.69) is 20.3 Å². The molecule has 2 aliphatic rings. The highest BCUT2D eigenvalue weighted by Crippen LogP contribution is 2.43. The molecule has 186 valence electrons. The third-order valence-corrected chi connectivity index (χ3v) is 6.15. The first-order valence-electron chi connectivity index (χ1n) is 11.5. The van der Waals surface area contributed by atoms with Gasteiger partial charge in [0.05, 0.1) is 37.1 Å². The van der Waals surface area contributed by atoms with Gasteiger partial charge in [-0.05, 0) is 33.6 Å². The standard InChI is InChI=1S/C23H27ClFN7O3/c1-23(2,3)35-22(33)31-10-14(25)15(11-31)28-21-27-8-13(24)20(29-21)16-9-26-18-7-17(34-4)19(12-5-6-12)30-32(16)18/h7-9,12,14-15H,5-6,10-11H2,1-4H3,(H,27,28,29)/t14-,15-/m0/s1. The number of likely N-dealkylation sites (tertiary alicyclic amines) is 1. The number of hydrogen-bond acceptors (Lipinski definition) is 8. The zero-order valence-electron chi connectivity index (χ0n) is 20.0. The smallest absolute Gasteiger partial charge is 0.410 e. The Hall–Kier alpha value is -3.21. The van der Waals surface area contributed by atoms with E-state index in [4.69, 9.17) is 26.2 Å². The maximum atomic E-state index is 14.7. The molecular weight excluding hydrogens is 477 g/mol. The Labute approximate surface area is 206 Å². The first-order valence-corrected chi connectivity index (χ1v) is 11.8. The van der Waals surface area contributed by atoms with Crippen molar-refractivity contribution in [3.8, 4) is 17.1 Å². The number of amides is 1. The molecule has 0 spiro atoms. The molecular formula is C23H27ClFN7O3. The summed E-state index contributed by atoms with van der Waals surface area (Å²) in [6.07, 6.45) is 3.34. The molecule has 0 aromatic carbocycles. The number of anilines is 1. The van der Waals surface area contributed by atoms with Crippen LogP contribution >= 0.6 is 11.6 Å². The van der Waals surface area contributed by atoms with Crippen molar-refractivity contribution in [1.29, 1.82) is 0 Å². The molecule has 3 aromatic heterocycles. The number of aromatic nitrogens is 5. The summed E-state index contributed by atoms with van der Waals surface area (Å²) in [6, 6.07) is 1.15. The highest BCUT2D eigenvalue weighted by Gasteiger charge is 2.38. The molecule has 2 fully saturated rings. The largest absolute Gasteiger partial charge is 0.495 e. The number of nitrogens with one attached hydrogen (secondary N) is 1. The van der Waals surface area contributed by atoms with Crippen molar-refractivity contribution in [2.75, 3.05) is 25.5 Å². The van der Waals surface area contributed by atoms with Gasteiger partial charge in [-0.3, -0.25) is 0 Å². The minimum Gasteiger partial charge on any atom is -0.495 e. The van der Waals surface area contributed by atoms with Crippen molar-refractivity contribution in [3.63, 3.8) is 0 Å². The summed E-state index contributed by atoms with van der Waals surface area (Å²) in [6.45, 7) is 5.36. The predicted octanol–water partition coefficient (Wildman–Crippen LogP) is 4.10. The number of halogens is 2. The average molecular weight is 504 g/mol. The van der Waals surface area contributed by atoms with Gasteiger partial charge in [0.15, 0.2) is 5.65 Å². The third-order valence-electron chi connectivity index (χ3n) is 5.87. The van der Waals surface area contributed by atoms with Crippen LogP contribution in [0.15, 0.2) is 18.5 Å². The summed E-state index contributed by atoms with van der Waals surface area (Å²) in [7, 11) is 1.62. The Balaban J connectivity index is 1.40. The first-order chi connectivity index (χ1) is 16.6. The molecule has 3 aromatic rings. The molecule has 35 heavy (non-hydrogen) atoms. The fourth-order valence-corrected chi connectivity index (χ4v) is 4.22. The van der Waals surface area contributed by atoms with Gasteiger partial charge in [0, 0.05) is 18.5 Å². The Bertz CT molecular complexity index is 1270. The molecule has 0 bridgehead atoms. The van der Waals surface area contributed by atoms with E-state index in [0.29, 0.717) is 33.7 Å². The van der Waals surface area contributed by atoms with Crippen LogP contribution < -0.4 is 10.1 Å². The lowest BCUT2D eigenvalue weighted by Gasteiger charge is -2.24. The summed E-state index contributed by atoms with van der Waals surface area (Å²) in [5.74, 6) is 1.26. The Kier molecular flexibility index (Phi) is 5.90. The lowest BCUT2D eigenvalue weighted by atomic mass is 10.2. The van der Waals surface area contributed by atoms with Crippen LogP contribution in [-0.4, -0.2) is 73.6 Å². The van der Waals surface area contributed by atoms with Crippen molar-refractivity contribution in [2.45, 2.75) is 57.3 Å². The Morgan fingerprint density at radius 1 is 1.23 bits per heavy atom. The highest BCUT2D eigenvalue weighted by atomic mass is 35.5. The van der Waals surface area contributed by atoms with E-state index in [0.717, 1.165) is 18.5 Å². The molecule has 5 rings (SSSR count). The maximum absolute atomic E-state index is 14.7. The van der Waals surface area contributed by atoms with Crippen molar-refractivity contribution < 1.29 is 18.7 Å². The summed E-state index contributed by atoms with van der Waals surface area (Å²) < 4.78 is 27.3. The number of carbonyl (C=O) groups is 1. The van der Waals surface area contributed by atoms with Crippen LogP contribution in [-0.2, 0) is 4.74 Å². The second-order valence-electron chi connectivity index (χ2n) is 9.83. The monoisotopic (exact) mass is 503 g/mol. The molecule has 10 nitrogen and oxygen atoms in total. The van der Waals surface area contributed by atoms with Gasteiger partial charge < -0.3 is 19.7 Å². The van der Waals surface area contributed by atoms with Crippen molar-refractivity contribution >= 4 is 29.3 Å². The molecule has 1 aliphatic heterocycles. The summed E-state index contributed by atoms with van der Waals surface area (Å²) >= 11 is 6.44. The lowest BCUT2D eigenvalue weighted by molar-refractivity contribution is 0.0283. The number of rotatable bonds is 5. The number of imidazole rings is 1.